The Balaban J connectivity index is 1.72. The van der Waals surface area contributed by atoms with Gasteiger partial charge in [0.05, 0.1) is 12.7 Å². The Bertz CT molecular complexity index is 294. The van der Waals surface area contributed by atoms with Crippen molar-refractivity contribution in [1.29, 1.82) is 0 Å². The van der Waals surface area contributed by atoms with Crippen LogP contribution in [0.25, 0.3) is 0 Å². The summed E-state index contributed by atoms with van der Waals surface area (Å²) >= 11 is 0. The van der Waals surface area contributed by atoms with Crippen LogP contribution in [0.4, 0.5) is 0 Å². The maximum atomic E-state index is 5.91. The van der Waals surface area contributed by atoms with Crippen molar-refractivity contribution in [3.05, 3.63) is 30.1 Å². The van der Waals surface area contributed by atoms with Crippen LogP contribution in [-0.4, -0.2) is 24.2 Å². The van der Waals surface area contributed by atoms with Crippen molar-refractivity contribution in [2.24, 2.45) is 0 Å². The summed E-state index contributed by atoms with van der Waals surface area (Å²) in [5.74, 6) is 0. The van der Waals surface area contributed by atoms with E-state index < -0.39 is 0 Å². The van der Waals surface area contributed by atoms with E-state index in [9.17, 15) is 0 Å². The van der Waals surface area contributed by atoms with Gasteiger partial charge in [0.15, 0.2) is 0 Å². The molecule has 1 aliphatic carbocycles. The third kappa shape index (κ3) is 3.29. The van der Waals surface area contributed by atoms with Crippen molar-refractivity contribution < 1.29 is 4.74 Å². The van der Waals surface area contributed by atoms with Crippen molar-refractivity contribution in [1.82, 2.24) is 10.3 Å². The van der Waals surface area contributed by atoms with Gasteiger partial charge in [0.1, 0.15) is 0 Å². The number of hydrogen-bond donors (Lipinski definition) is 1. The van der Waals surface area contributed by atoms with E-state index in [0.29, 0.717) is 12.1 Å². The Morgan fingerprint density at radius 2 is 1.94 bits per heavy atom. The van der Waals surface area contributed by atoms with Crippen molar-refractivity contribution in [3.8, 4) is 0 Å². The molecule has 1 aromatic rings. The second-order valence-corrected chi connectivity index (χ2v) is 4.43. The third-order valence-corrected chi connectivity index (χ3v) is 3.32. The summed E-state index contributed by atoms with van der Waals surface area (Å²) in [6.07, 6.45) is 8.90. The molecule has 0 aromatic carbocycles. The van der Waals surface area contributed by atoms with E-state index in [1.165, 1.54) is 31.2 Å². The Kier molecular flexibility index (Phi) is 4.31. The lowest BCUT2D eigenvalue weighted by Crippen LogP contribution is -2.32. The molecule has 1 heterocycles. The molecule has 0 aliphatic heterocycles. The molecule has 3 heteroatoms. The summed E-state index contributed by atoms with van der Waals surface area (Å²) in [6.45, 7) is 0.720. The highest BCUT2D eigenvalue weighted by Gasteiger charge is 2.20. The van der Waals surface area contributed by atoms with Crippen molar-refractivity contribution in [3.63, 3.8) is 0 Å². The summed E-state index contributed by atoms with van der Waals surface area (Å²) < 4.78 is 5.91. The minimum atomic E-state index is 0.442. The minimum Gasteiger partial charge on any atom is -0.374 e. The van der Waals surface area contributed by atoms with E-state index in [0.717, 1.165) is 6.61 Å². The van der Waals surface area contributed by atoms with Gasteiger partial charge < -0.3 is 10.1 Å². The quantitative estimate of drug-likeness (QED) is 0.844. The van der Waals surface area contributed by atoms with Crippen LogP contribution in [0.3, 0.4) is 0 Å². The van der Waals surface area contributed by atoms with Crippen molar-refractivity contribution >= 4 is 0 Å². The third-order valence-electron chi connectivity index (χ3n) is 3.32. The monoisotopic (exact) mass is 220 g/mol. The zero-order valence-electron chi connectivity index (χ0n) is 9.86. The Morgan fingerprint density at radius 3 is 2.56 bits per heavy atom. The largest absolute Gasteiger partial charge is 0.374 e. The molecular formula is C13H20N2O. The fraction of sp³-hybridized carbons (Fsp3) is 0.615. The molecule has 0 atom stereocenters. The summed E-state index contributed by atoms with van der Waals surface area (Å²) in [4.78, 5) is 4.00. The smallest absolute Gasteiger partial charge is 0.0721 e. The maximum absolute atomic E-state index is 5.91. The van der Waals surface area contributed by atoms with Gasteiger partial charge in [0.25, 0.3) is 0 Å². The zero-order valence-corrected chi connectivity index (χ0v) is 9.86. The van der Waals surface area contributed by atoms with Crippen LogP contribution in [-0.2, 0) is 11.3 Å². The minimum absolute atomic E-state index is 0.442. The molecule has 16 heavy (non-hydrogen) atoms. The summed E-state index contributed by atoms with van der Waals surface area (Å²) in [7, 11) is 2.04. The Hall–Kier alpha value is -0.930. The highest BCUT2D eigenvalue weighted by Crippen LogP contribution is 2.21. The van der Waals surface area contributed by atoms with Crippen LogP contribution in [0.2, 0.25) is 0 Å². The highest BCUT2D eigenvalue weighted by molar-refractivity contribution is 5.07. The molecule has 1 aromatic heterocycles. The van der Waals surface area contributed by atoms with Crippen molar-refractivity contribution in [2.45, 2.75) is 44.4 Å². The lowest BCUT2D eigenvalue weighted by atomic mass is 9.93. The molecule has 1 fully saturated rings. The molecule has 1 N–H and O–H groups in total. The number of nitrogens with zero attached hydrogens (tertiary/aromatic N) is 1. The average Bonchev–Trinajstić information content (AvgIpc) is 2.38. The molecule has 0 saturated heterocycles. The van der Waals surface area contributed by atoms with Crippen LogP contribution in [0.15, 0.2) is 24.5 Å². The lowest BCUT2D eigenvalue weighted by Gasteiger charge is -2.28. The van der Waals surface area contributed by atoms with E-state index in [-0.39, 0.29) is 0 Å². The number of rotatable bonds is 4. The molecular weight excluding hydrogens is 200 g/mol. The van der Waals surface area contributed by atoms with Crippen LogP contribution in [0.1, 0.15) is 31.2 Å². The van der Waals surface area contributed by atoms with Crippen LogP contribution < -0.4 is 5.32 Å². The van der Waals surface area contributed by atoms with Gasteiger partial charge in [-0.1, -0.05) is 0 Å². The predicted octanol–water partition coefficient (Wildman–Crippen LogP) is 2.13. The van der Waals surface area contributed by atoms with E-state index in [1.54, 1.807) is 0 Å². The molecule has 0 radical (unpaired) electrons. The standard InChI is InChI=1S/C13H20N2O/c1-14-12-2-4-13(5-3-12)16-10-11-6-8-15-9-7-11/h6-9,12-14H,2-5,10H2,1H3. The normalized spacial score (nSPS) is 25.6. The van der Waals surface area contributed by atoms with Gasteiger partial charge in [-0.3, -0.25) is 4.98 Å². The Labute approximate surface area is 97.2 Å². The van der Waals surface area contributed by atoms with Gasteiger partial charge >= 0.3 is 0 Å². The molecule has 0 bridgehead atoms. The SMILES string of the molecule is CNC1CCC(OCc2ccncc2)CC1. The summed E-state index contributed by atoms with van der Waals surface area (Å²) in [5.41, 5.74) is 1.21. The first-order valence-electron chi connectivity index (χ1n) is 6.06. The number of pyridine rings is 1. The number of ether oxygens (including phenoxy) is 1. The van der Waals surface area contributed by atoms with E-state index in [4.69, 9.17) is 4.74 Å². The zero-order chi connectivity index (χ0) is 11.2. The first-order valence-corrected chi connectivity index (χ1v) is 6.06. The molecule has 3 nitrogen and oxygen atoms in total. The van der Waals surface area contributed by atoms with Gasteiger partial charge in [0, 0.05) is 18.4 Å². The molecule has 0 amide bonds. The fourth-order valence-corrected chi connectivity index (χ4v) is 2.21. The number of aromatic nitrogens is 1. The molecule has 88 valence electrons. The van der Waals surface area contributed by atoms with Gasteiger partial charge in [-0.15, -0.1) is 0 Å². The van der Waals surface area contributed by atoms with E-state index in [2.05, 4.69) is 10.3 Å². The highest BCUT2D eigenvalue weighted by atomic mass is 16.5. The van der Waals surface area contributed by atoms with Gasteiger partial charge in [0.2, 0.25) is 0 Å². The van der Waals surface area contributed by atoms with Crippen LogP contribution in [0, 0.1) is 0 Å². The fourth-order valence-electron chi connectivity index (χ4n) is 2.21. The second-order valence-electron chi connectivity index (χ2n) is 4.43. The van der Waals surface area contributed by atoms with Gasteiger partial charge in [-0.2, -0.15) is 0 Å². The average molecular weight is 220 g/mol. The first-order chi connectivity index (χ1) is 7.88. The maximum Gasteiger partial charge on any atom is 0.0721 e. The van der Waals surface area contributed by atoms with Gasteiger partial charge in [-0.05, 0) is 50.4 Å². The summed E-state index contributed by atoms with van der Waals surface area (Å²) in [6, 6.07) is 4.72. The van der Waals surface area contributed by atoms with E-state index in [1.807, 2.05) is 31.6 Å². The molecule has 0 spiro atoms. The summed E-state index contributed by atoms with van der Waals surface area (Å²) in [5, 5.41) is 3.33. The van der Waals surface area contributed by atoms with Crippen LogP contribution >= 0.6 is 0 Å². The Morgan fingerprint density at radius 1 is 1.25 bits per heavy atom. The number of nitrogens with one attached hydrogen (secondary N) is 1. The predicted molar refractivity (Wildman–Crippen MR) is 64.1 cm³/mol. The molecule has 0 unspecified atom stereocenters. The molecule has 1 aliphatic rings. The topological polar surface area (TPSA) is 34.1 Å². The van der Waals surface area contributed by atoms with Crippen LogP contribution in [0.5, 0.6) is 0 Å². The molecule has 1 saturated carbocycles. The van der Waals surface area contributed by atoms with Gasteiger partial charge in [-0.25, -0.2) is 0 Å². The van der Waals surface area contributed by atoms with E-state index >= 15 is 0 Å². The lowest BCUT2D eigenvalue weighted by molar-refractivity contribution is 0.0118. The second kappa shape index (κ2) is 5.97. The molecule has 2 rings (SSSR count). The van der Waals surface area contributed by atoms with Crippen molar-refractivity contribution in [2.75, 3.05) is 7.05 Å². The number of hydrogen-bond acceptors (Lipinski definition) is 3. The first kappa shape index (κ1) is 11.6.